The number of carbonyl (C=O) groups excluding carboxylic acids is 4. The molecule has 2 aliphatic carbocycles. The van der Waals surface area contributed by atoms with Crippen LogP contribution >= 0.6 is 22.9 Å². The van der Waals surface area contributed by atoms with Gasteiger partial charge in [-0.05, 0) is 98.3 Å². The van der Waals surface area contributed by atoms with Gasteiger partial charge in [0.05, 0.1) is 22.5 Å². The highest BCUT2D eigenvalue weighted by molar-refractivity contribution is 7.91. The molecule has 2 saturated carbocycles. The average Bonchev–Trinajstić information content (AvgIpc) is 3.90. The molecule has 15 nitrogen and oxygen atoms in total. The molecule has 3 fully saturated rings. The number of nitrogens with one attached hydrogen (secondary N) is 3. The van der Waals surface area contributed by atoms with Gasteiger partial charge >= 0.3 is 6.09 Å². The van der Waals surface area contributed by atoms with Gasteiger partial charge in [0.15, 0.2) is 0 Å². The first kappa shape index (κ1) is 45.6. The van der Waals surface area contributed by atoms with Crippen LogP contribution in [0.1, 0.15) is 105 Å². The van der Waals surface area contributed by atoms with E-state index in [9.17, 15) is 27.6 Å². The maximum Gasteiger partial charge on any atom is 0.408 e. The molecule has 2 aromatic heterocycles. The van der Waals surface area contributed by atoms with Crippen molar-refractivity contribution in [3.63, 3.8) is 0 Å². The van der Waals surface area contributed by atoms with Crippen LogP contribution in [0.2, 0.25) is 5.02 Å². The largest absolute Gasteiger partial charge is 0.459 e. The number of hydrogen-bond acceptors (Lipinski definition) is 11. The van der Waals surface area contributed by atoms with Crippen molar-refractivity contribution in [1.29, 1.82) is 0 Å². The number of halogens is 1. The van der Waals surface area contributed by atoms with Crippen LogP contribution < -0.4 is 20.1 Å². The quantitative estimate of drug-likeness (QED) is 0.140. The number of hydrogen-bond donors (Lipinski definition) is 3. The summed E-state index contributed by atoms with van der Waals surface area (Å²) in [6.45, 7) is 10.8. The third-order valence-electron chi connectivity index (χ3n) is 12.5. The molecule has 0 radical (unpaired) electrons. The summed E-state index contributed by atoms with van der Waals surface area (Å²) in [5.41, 5.74) is 1.45. The molecule has 2 aliphatic heterocycles. The fourth-order valence-corrected chi connectivity index (χ4v) is 11.0. The molecule has 4 heterocycles. The lowest BCUT2D eigenvalue weighted by molar-refractivity contribution is -0.141. The number of ether oxygens (including phenoxy) is 2. The highest BCUT2D eigenvalue weighted by Gasteiger charge is 2.63. The fraction of sp³-hybridized carbons (Fsp3) is 0.522. The van der Waals surface area contributed by atoms with Crippen LogP contribution in [0.25, 0.3) is 32.9 Å². The number of amides is 4. The zero-order chi connectivity index (χ0) is 45.8. The van der Waals surface area contributed by atoms with E-state index in [4.69, 9.17) is 31.0 Å². The van der Waals surface area contributed by atoms with E-state index in [0.29, 0.717) is 42.6 Å². The molecule has 2 aromatic carbocycles. The maximum absolute atomic E-state index is 14.8. The molecule has 342 valence electrons. The number of nitrogens with zero attached hydrogens (tertiary/aromatic N) is 4. The molecule has 0 spiro atoms. The molecule has 18 heteroatoms. The normalized spacial score (nSPS) is 25.3. The van der Waals surface area contributed by atoms with Gasteiger partial charge in [-0.1, -0.05) is 60.9 Å². The number of imidazole rings is 1. The van der Waals surface area contributed by atoms with Crippen molar-refractivity contribution in [2.24, 2.45) is 5.92 Å². The Hall–Kier alpha value is -5.00. The zero-order valence-corrected chi connectivity index (χ0v) is 39.4. The van der Waals surface area contributed by atoms with Crippen LogP contribution in [-0.4, -0.2) is 92.3 Å². The van der Waals surface area contributed by atoms with Crippen LogP contribution in [-0.2, 0) is 29.1 Å². The Morgan fingerprint density at radius 3 is 2.50 bits per heavy atom. The van der Waals surface area contributed by atoms with Crippen LogP contribution in [0.5, 0.6) is 6.01 Å². The first-order valence-electron chi connectivity index (χ1n) is 22.0. The Morgan fingerprint density at radius 2 is 1.78 bits per heavy atom. The first-order valence-corrected chi connectivity index (χ1v) is 24.8. The number of rotatable bonds is 9. The minimum atomic E-state index is -4.02. The summed E-state index contributed by atoms with van der Waals surface area (Å²) in [6, 6.07) is 11.4. The van der Waals surface area contributed by atoms with Crippen molar-refractivity contribution in [3.05, 3.63) is 65.0 Å². The van der Waals surface area contributed by atoms with E-state index in [-0.39, 0.29) is 31.4 Å². The highest BCUT2D eigenvalue weighted by atomic mass is 35.5. The summed E-state index contributed by atoms with van der Waals surface area (Å²) in [5, 5.41) is 8.99. The van der Waals surface area contributed by atoms with Gasteiger partial charge in [-0.15, -0.1) is 11.3 Å². The predicted octanol–water partition coefficient (Wildman–Crippen LogP) is 7.70. The molecular formula is C46H56ClN7O8S2. The maximum atomic E-state index is 14.8. The minimum absolute atomic E-state index is 0.0210. The number of benzene rings is 2. The first-order chi connectivity index (χ1) is 30.3. The van der Waals surface area contributed by atoms with E-state index in [1.54, 1.807) is 27.7 Å². The van der Waals surface area contributed by atoms with Gasteiger partial charge in [0.25, 0.3) is 11.9 Å². The van der Waals surface area contributed by atoms with Gasteiger partial charge in [0.1, 0.15) is 39.9 Å². The van der Waals surface area contributed by atoms with Crippen molar-refractivity contribution in [2.75, 3.05) is 6.54 Å². The second-order valence-corrected chi connectivity index (χ2v) is 22.4. The summed E-state index contributed by atoms with van der Waals surface area (Å²) in [4.78, 5) is 68.1. The van der Waals surface area contributed by atoms with Crippen LogP contribution in [0.4, 0.5) is 4.79 Å². The van der Waals surface area contributed by atoms with Gasteiger partial charge in [0, 0.05) is 39.9 Å². The molecule has 0 bridgehead atoms. The monoisotopic (exact) mass is 933 g/mol. The van der Waals surface area contributed by atoms with E-state index in [1.165, 1.54) is 16.2 Å². The Bertz CT molecular complexity index is 2620. The summed E-state index contributed by atoms with van der Waals surface area (Å²) in [6.07, 6.45) is 6.49. The second-order valence-electron chi connectivity index (χ2n) is 19.0. The Morgan fingerprint density at radius 1 is 1.03 bits per heavy atom. The number of aromatic nitrogens is 3. The standard InChI is InChI=1S/C46H56ClN7O8S2/c1-27(2)54-35-20-14-17-31(39-48-34(26-63-39)30-16-12-13-18-32(30)47)37(35)50-42(54)61-29-23-36-38(55)51-46(41(57)52-64(59,60)45(6)21-22-45)24-28(46)15-10-8-7-9-11-19-33(40(56)53(36)25-29)49-43(58)62-44(3,4)5/h10,12-18,20,26-29,33,36H,7-9,11,19,21-25H2,1-6H3,(H,49,58)(H,51,55)(H,52,57)/b15-10-/t28-,29+,33-,36-,46+/m0/s1. The molecule has 8 rings (SSSR count). The summed E-state index contributed by atoms with van der Waals surface area (Å²) >= 11 is 7.99. The molecule has 4 aliphatic rings. The van der Waals surface area contributed by atoms with Crippen molar-refractivity contribution in [2.45, 2.75) is 139 Å². The number of thiazole rings is 1. The third-order valence-corrected chi connectivity index (χ3v) is 15.9. The summed E-state index contributed by atoms with van der Waals surface area (Å²) < 4.78 is 42.1. The van der Waals surface area contributed by atoms with Gasteiger partial charge < -0.3 is 25.0 Å². The molecule has 1 saturated heterocycles. The van der Waals surface area contributed by atoms with Gasteiger partial charge in [-0.2, -0.15) is 4.98 Å². The Labute approximate surface area is 382 Å². The molecule has 64 heavy (non-hydrogen) atoms. The van der Waals surface area contributed by atoms with E-state index in [2.05, 4.69) is 15.4 Å². The van der Waals surface area contributed by atoms with E-state index in [1.807, 2.05) is 78.4 Å². The third kappa shape index (κ3) is 9.25. The Kier molecular flexibility index (Phi) is 12.4. The minimum Gasteiger partial charge on any atom is -0.459 e. The van der Waals surface area contributed by atoms with Crippen LogP contribution in [0.3, 0.4) is 0 Å². The van der Waals surface area contributed by atoms with Gasteiger partial charge in [0.2, 0.25) is 21.8 Å². The van der Waals surface area contributed by atoms with E-state index >= 15 is 0 Å². The number of allylic oxidation sites excluding steroid dienone is 1. The summed E-state index contributed by atoms with van der Waals surface area (Å²) in [5.74, 6) is -2.40. The van der Waals surface area contributed by atoms with Crippen molar-refractivity contribution in [3.8, 4) is 27.8 Å². The fourth-order valence-electron chi connectivity index (χ4n) is 8.59. The molecule has 4 aromatic rings. The molecular weight excluding hydrogens is 878 g/mol. The van der Waals surface area contributed by atoms with Gasteiger partial charge in [-0.25, -0.2) is 18.2 Å². The SMILES string of the molecule is CC(C)n1c(O[C@@H]2C[C@H]3C(=O)N[C@]4(C(=O)NS(=O)(=O)C5(C)CC5)C[C@@H]4/C=C\CCCCC[C@H](NC(=O)OC(C)(C)C)C(=O)N3C2)nc2c(-c3nc(-c4ccccc4Cl)cs3)cccc21. The molecule has 5 atom stereocenters. The van der Waals surface area contributed by atoms with Crippen molar-refractivity contribution in [1.82, 2.24) is 34.8 Å². The van der Waals surface area contributed by atoms with Crippen LogP contribution in [0.15, 0.2) is 60.0 Å². The number of carbonyl (C=O) groups is 4. The molecule has 0 unspecified atom stereocenters. The number of fused-ring (bicyclic) bond motifs is 3. The molecule has 3 N–H and O–H groups in total. The summed E-state index contributed by atoms with van der Waals surface area (Å²) in [7, 11) is -4.02. The molecule has 4 amide bonds. The van der Waals surface area contributed by atoms with Crippen molar-refractivity contribution >= 4 is 67.8 Å². The van der Waals surface area contributed by atoms with Crippen LogP contribution in [0, 0.1) is 5.92 Å². The lowest BCUT2D eigenvalue weighted by Crippen LogP contribution is -2.58. The van der Waals surface area contributed by atoms with E-state index in [0.717, 1.165) is 40.2 Å². The smallest absolute Gasteiger partial charge is 0.408 e. The lowest BCUT2D eigenvalue weighted by Gasteiger charge is -2.30. The highest BCUT2D eigenvalue weighted by Crippen LogP contribution is 2.48. The van der Waals surface area contributed by atoms with E-state index < -0.39 is 73.8 Å². The number of alkyl carbamates (subject to hydrolysis) is 1. The Balaban J connectivity index is 1.12. The van der Waals surface area contributed by atoms with Gasteiger partial charge in [-0.3, -0.25) is 23.7 Å². The lowest BCUT2D eigenvalue weighted by atomic mass is 10.0. The second kappa shape index (κ2) is 17.4. The predicted molar refractivity (Wildman–Crippen MR) is 245 cm³/mol. The topological polar surface area (TPSA) is 191 Å². The van der Waals surface area contributed by atoms with Crippen molar-refractivity contribution < 1.29 is 37.1 Å². The average molecular weight is 935 g/mol. The number of para-hydroxylation sites is 1. The number of sulfonamides is 1. The zero-order valence-electron chi connectivity index (χ0n) is 37.0.